The third-order valence-electron chi connectivity index (χ3n) is 6.21. The zero-order valence-electron chi connectivity index (χ0n) is 16.9. The first-order valence-electron chi connectivity index (χ1n) is 9.88. The molecule has 4 atom stereocenters. The average molecular weight is 393 g/mol. The van der Waals surface area contributed by atoms with Gasteiger partial charge in [-0.3, -0.25) is 4.79 Å². The van der Waals surface area contributed by atoms with Gasteiger partial charge < -0.3 is 29.3 Å². The van der Waals surface area contributed by atoms with Gasteiger partial charge in [0, 0.05) is 31.0 Å². The van der Waals surface area contributed by atoms with Gasteiger partial charge >= 0.3 is 0 Å². The number of nitrogens with zero attached hydrogens (tertiary/aromatic N) is 1. The van der Waals surface area contributed by atoms with E-state index in [1.165, 1.54) is 0 Å². The van der Waals surface area contributed by atoms with E-state index in [9.17, 15) is 15.0 Å². The number of aliphatic hydroxyl groups excluding tert-OH is 2. The average Bonchev–Trinajstić information content (AvgIpc) is 3.34. The lowest BCUT2D eigenvalue weighted by Gasteiger charge is -2.33. The molecule has 3 rings (SSSR count). The molecule has 2 N–H and O–H groups in total. The molecule has 1 unspecified atom stereocenters. The summed E-state index contributed by atoms with van der Waals surface area (Å²) in [5.74, 6) is 0.869. The van der Waals surface area contributed by atoms with Gasteiger partial charge in [-0.25, -0.2) is 0 Å². The van der Waals surface area contributed by atoms with Gasteiger partial charge in [0.1, 0.15) is 13.2 Å². The number of carbonyl (C=O) groups is 1. The molecule has 0 radical (unpaired) electrons. The van der Waals surface area contributed by atoms with Gasteiger partial charge in [-0.15, -0.1) is 0 Å². The lowest BCUT2D eigenvalue weighted by atomic mass is 9.72. The van der Waals surface area contributed by atoms with Crippen LogP contribution >= 0.6 is 0 Å². The summed E-state index contributed by atoms with van der Waals surface area (Å²) >= 11 is 0. The van der Waals surface area contributed by atoms with E-state index in [-0.39, 0.29) is 17.9 Å². The van der Waals surface area contributed by atoms with Crippen LogP contribution < -0.4 is 9.47 Å². The molecule has 28 heavy (non-hydrogen) atoms. The maximum Gasteiger partial charge on any atom is 0.248 e. The van der Waals surface area contributed by atoms with Crippen molar-refractivity contribution in [3.8, 4) is 11.5 Å². The number of hydrogen-bond donors (Lipinski definition) is 2. The van der Waals surface area contributed by atoms with Crippen LogP contribution in [0.4, 0.5) is 0 Å². The SMILES string of the molecule is COc1ccc([C@@H]2CN(C(=O)CO)C[C@@]2(C)[C@@H](C)O)cc1OCC1CCCO1. The summed E-state index contributed by atoms with van der Waals surface area (Å²) in [4.78, 5) is 13.7. The van der Waals surface area contributed by atoms with Crippen molar-refractivity contribution in [1.82, 2.24) is 4.90 Å². The minimum absolute atomic E-state index is 0.0843. The number of methoxy groups -OCH3 is 1. The number of amides is 1. The van der Waals surface area contributed by atoms with Crippen molar-refractivity contribution in [1.29, 1.82) is 0 Å². The van der Waals surface area contributed by atoms with Crippen LogP contribution in [0.5, 0.6) is 11.5 Å². The van der Waals surface area contributed by atoms with Crippen LogP contribution in [0, 0.1) is 5.41 Å². The molecule has 0 aliphatic carbocycles. The third kappa shape index (κ3) is 4.11. The molecule has 2 fully saturated rings. The highest BCUT2D eigenvalue weighted by Crippen LogP contribution is 2.46. The standard InChI is InChI=1S/C21H31NO6/c1-14(24)21(2)13-22(20(25)11-23)10-17(21)15-6-7-18(26-3)19(9-15)28-12-16-5-4-8-27-16/h6-7,9,14,16-17,23-24H,4-5,8,10-13H2,1-3H3/t14-,16?,17+,21+/m1/s1. The van der Waals surface area contributed by atoms with Crippen LogP contribution in [0.2, 0.25) is 0 Å². The molecular weight excluding hydrogens is 362 g/mol. The Balaban J connectivity index is 1.85. The fourth-order valence-electron chi connectivity index (χ4n) is 4.20. The predicted octanol–water partition coefficient (Wildman–Crippen LogP) is 1.56. The van der Waals surface area contributed by atoms with Crippen molar-refractivity contribution >= 4 is 5.91 Å². The van der Waals surface area contributed by atoms with E-state index in [0.29, 0.717) is 31.2 Å². The zero-order valence-corrected chi connectivity index (χ0v) is 16.9. The number of hydrogen-bond acceptors (Lipinski definition) is 6. The zero-order chi connectivity index (χ0) is 20.3. The molecule has 7 nitrogen and oxygen atoms in total. The van der Waals surface area contributed by atoms with E-state index in [1.807, 2.05) is 25.1 Å². The summed E-state index contributed by atoms with van der Waals surface area (Å²) in [5, 5.41) is 19.7. The Kier molecular flexibility index (Phi) is 6.47. The molecule has 0 aromatic heterocycles. The molecule has 1 aromatic rings. The first kappa shape index (κ1) is 20.9. The van der Waals surface area contributed by atoms with Gasteiger partial charge in [0.25, 0.3) is 0 Å². The summed E-state index contributed by atoms with van der Waals surface area (Å²) in [6, 6.07) is 5.75. The number of aliphatic hydroxyl groups is 2. The van der Waals surface area contributed by atoms with Crippen molar-refractivity contribution in [2.24, 2.45) is 5.41 Å². The van der Waals surface area contributed by atoms with Crippen LogP contribution in [0.3, 0.4) is 0 Å². The molecule has 1 amide bonds. The second kappa shape index (κ2) is 8.68. The Morgan fingerprint density at radius 1 is 1.43 bits per heavy atom. The van der Waals surface area contributed by atoms with Gasteiger partial charge in [-0.1, -0.05) is 13.0 Å². The number of carbonyl (C=O) groups excluding carboxylic acids is 1. The first-order chi connectivity index (χ1) is 13.4. The molecule has 0 saturated carbocycles. The quantitative estimate of drug-likeness (QED) is 0.731. The van der Waals surface area contributed by atoms with Crippen molar-refractivity contribution in [3.05, 3.63) is 23.8 Å². The van der Waals surface area contributed by atoms with Gasteiger partial charge in [0.05, 0.1) is 19.3 Å². The maximum atomic E-state index is 12.1. The van der Waals surface area contributed by atoms with Crippen LogP contribution in [-0.4, -0.2) is 73.2 Å². The molecule has 0 spiro atoms. The van der Waals surface area contributed by atoms with Crippen molar-refractivity contribution < 1.29 is 29.2 Å². The van der Waals surface area contributed by atoms with Gasteiger partial charge in [-0.05, 0) is 37.5 Å². The normalized spacial score (nSPS) is 28.4. The first-order valence-corrected chi connectivity index (χ1v) is 9.88. The molecule has 1 aromatic carbocycles. The van der Waals surface area contributed by atoms with Crippen molar-refractivity contribution in [2.45, 2.75) is 44.8 Å². The monoisotopic (exact) mass is 393 g/mol. The Morgan fingerprint density at radius 3 is 2.82 bits per heavy atom. The lowest BCUT2D eigenvalue weighted by Crippen LogP contribution is -2.38. The predicted molar refractivity (Wildman–Crippen MR) is 104 cm³/mol. The van der Waals surface area contributed by atoms with Crippen LogP contribution in [-0.2, 0) is 9.53 Å². The molecule has 0 bridgehead atoms. The maximum absolute atomic E-state index is 12.1. The summed E-state index contributed by atoms with van der Waals surface area (Å²) in [6.45, 7) is 5.27. The molecular formula is C21H31NO6. The molecule has 2 aliphatic rings. The van der Waals surface area contributed by atoms with Crippen LogP contribution in [0.25, 0.3) is 0 Å². The van der Waals surface area contributed by atoms with Crippen molar-refractivity contribution in [3.63, 3.8) is 0 Å². The molecule has 7 heteroatoms. The van der Waals surface area contributed by atoms with Gasteiger partial charge in [0.15, 0.2) is 11.5 Å². The second-order valence-corrected chi connectivity index (χ2v) is 8.02. The van der Waals surface area contributed by atoms with Gasteiger partial charge in [-0.2, -0.15) is 0 Å². The van der Waals surface area contributed by atoms with Gasteiger partial charge in [0.2, 0.25) is 5.91 Å². The highest BCUT2D eigenvalue weighted by atomic mass is 16.5. The molecule has 2 heterocycles. The van der Waals surface area contributed by atoms with Crippen LogP contribution in [0.15, 0.2) is 18.2 Å². The highest BCUT2D eigenvalue weighted by molar-refractivity contribution is 5.77. The number of ether oxygens (including phenoxy) is 3. The summed E-state index contributed by atoms with van der Waals surface area (Å²) in [6.07, 6.45) is 1.52. The minimum atomic E-state index is -0.618. The largest absolute Gasteiger partial charge is 0.493 e. The topological polar surface area (TPSA) is 88.5 Å². The van der Waals surface area contributed by atoms with Crippen molar-refractivity contribution in [2.75, 3.05) is 40.0 Å². The Morgan fingerprint density at radius 2 is 2.21 bits per heavy atom. The van der Waals surface area contributed by atoms with E-state index in [0.717, 1.165) is 25.0 Å². The summed E-state index contributed by atoms with van der Waals surface area (Å²) in [7, 11) is 1.60. The Labute approximate surface area is 166 Å². The summed E-state index contributed by atoms with van der Waals surface area (Å²) < 4.78 is 17.1. The lowest BCUT2D eigenvalue weighted by molar-refractivity contribution is -0.133. The third-order valence-corrected chi connectivity index (χ3v) is 6.21. The number of likely N-dealkylation sites (tertiary alicyclic amines) is 1. The van der Waals surface area contributed by atoms with Crippen LogP contribution in [0.1, 0.15) is 38.2 Å². The Bertz CT molecular complexity index is 687. The van der Waals surface area contributed by atoms with E-state index in [1.54, 1.807) is 18.9 Å². The molecule has 156 valence electrons. The fourth-order valence-corrected chi connectivity index (χ4v) is 4.20. The highest BCUT2D eigenvalue weighted by Gasteiger charge is 2.48. The molecule has 2 aliphatic heterocycles. The molecule has 2 saturated heterocycles. The van der Waals surface area contributed by atoms with E-state index >= 15 is 0 Å². The van der Waals surface area contributed by atoms with E-state index in [2.05, 4.69) is 0 Å². The summed E-state index contributed by atoms with van der Waals surface area (Å²) in [5.41, 5.74) is 0.449. The second-order valence-electron chi connectivity index (χ2n) is 8.02. The van der Waals surface area contributed by atoms with E-state index < -0.39 is 18.1 Å². The smallest absolute Gasteiger partial charge is 0.248 e. The fraction of sp³-hybridized carbons (Fsp3) is 0.667. The number of rotatable bonds is 7. The number of benzene rings is 1. The minimum Gasteiger partial charge on any atom is -0.493 e. The Hall–Kier alpha value is -1.83. The van der Waals surface area contributed by atoms with E-state index in [4.69, 9.17) is 14.2 Å².